The van der Waals surface area contributed by atoms with Gasteiger partial charge in [-0.1, -0.05) is 11.6 Å². The maximum atomic E-state index is 15.3. The van der Waals surface area contributed by atoms with Crippen LogP contribution in [0.5, 0.6) is 11.8 Å². The maximum absolute atomic E-state index is 15.3. The van der Waals surface area contributed by atoms with E-state index in [9.17, 15) is 5.11 Å². The minimum Gasteiger partial charge on any atom is -0.490 e. The van der Waals surface area contributed by atoms with E-state index in [1.165, 1.54) is 6.07 Å². The van der Waals surface area contributed by atoms with Crippen LogP contribution in [-0.4, -0.2) is 77.0 Å². The van der Waals surface area contributed by atoms with Crippen LogP contribution in [0.2, 0.25) is 5.02 Å². The summed E-state index contributed by atoms with van der Waals surface area (Å²) in [7, 11) is 0. The number of anilines is 1. The lowest BCUT2D eigenvalue weighted by atomic mass is 10.1. The van der Waals surface area contributed by atoms with Gasteiger partial charge in [0.25, 0.3) is 6.01 Å². The molecular formula is C26H28ClFN4O6. The number of fused-ring (bicyclic) bond motifs is 3. The lowest BCUT2D eigenvalue weighted by Gasteiger charge is -2.24. The molecule has 10 nitrogen and oxygen atoms in total. The van der Waals surface area contributed by atoms with Gasteiger partial charge in [-0.3, -0.25) is 0 Å². The summed E-state index contributed by atoms with van der Waals surface area (Å²) in [6, 6.07) is 5.10. The third-order valence-corrected chi connectivity index (χ3v) is 7.96. The molecule has 4 aliphatic rings. The molecule has 0 amide bonds. The van der Waals surface area contributed by atoms with E-state index in [2.05, 4.69) is 20.3 Å². The number of ether oxygens (including phenoxy) is 5. The summed E-state index contributed by atoms with van der Waals surface area (Å²) >= 11 is 6.55. The molecule has 0 radical (unpaired) electrons. The van der Waals surface area contributed by atoms with E-state index in [4.69, 9.17) is 35.3 Å². The summed E-state index contributed by atoms with van der Waals surface area (Å²) < 4.78 is 43.9. The molecule has 7 rings (SSSR count). The molecule has 3 aromatic rings. The summed E-state index contributed by atoms with van der Waals surface area (Å²) in [5.74, 6) is 0.680. The van der Waals surface area contributed by atoms with Crippen LogP contribution < -0.4 is 14.8 Å². The van der Waals surface area contributed by atoms with Crippen LogP contribution in [0.4, 0.5) is 10.2 Å². The maximum Gasteiger partial charge on any atom is 0.296 e. The summed E-state index contributed by atoms with van der Waals surface area (Å²) in [4.78, 5) is 12.1. The number of hydrogen-bond acceptors (Lipinski definition) is 9. The molecule has 0 bridgehead atoms. The average molecular weight is 547 g/mol. The lowest BCUT2D eigenvalue weighted by molar-refractivity contribution is 0.00706. The second-order valence-electron chi connectivity index (χ2n) is 10.2. The average Bonchev–Trinajstić information content (AvgIpc) is 3.67. The fourth-order valence-corrected chi connectivity index (χ4v) is 6.00. The molecule has 2 aromatic heterocycles. The standard InChI is InChI=1S/C26H28ClFN4O6/c27-15-9-18-25(32-26(30-18)38-20-11-36-22-19(33)10-35-23(20)22)31-24(15)29-17-2-1-12-7-14(8-16(28)21(12)17)37-13-3-5-34-6-4-13/h7-9,13,17,19-20,22-23,33H,1-6,10-11H2,(H2,29,30,31,32)/t17?,19-,20-,22-,23-/m1/s1. The number of aromatic nitrogens is 3. The van der Waals surface area contributed by atoms with Crippen molar-refractivity contribution in [2.24, 2.45) is 0 Å². The molecule has 0 spiro atoms. The Morgan fingerprint density at radius 2 is 1.89 bits per heavy atom. The van der Waals surface area contributed by atoms with Crippen molar-refractivity contribution >= 4 is 28.6 Å². The molecule has 1 unspecified atom stereocenters. The molecule has 12 heteroatoms. The van der Waals surface area contributed by atoms with Crippen LogP contribution in [0.1, 0.15) is 36.4 Å². The summed E-state index contributed by atoms with van der Waals surface area (Å²) in [5, 5.41) is 13.6. The lowest BCUT2D eigenvalue weighted by Crippen LogP contribution is -2.34. The highest BCUT2D eigenvalue weighted by atomic mass is 35.5. The topological polar surface area (TPSA) is 120 Å². The van der Waals surface area contributed by atoms with Crippen molar-refractivity contribution in [2.45, 2.75) is 62.2 Å². The smallest absolute Gasteiger partial charge is 0.296 e. The Morgan fingerprint density at radius 3 is 2.76 bits per heavy atom. The number of benzene rings is 1. The third-order valence-electron chi connectivity index (χ3n) is 7.67. The minimum atomic E-state index is -0.657. The van der Waals surface area contributed by atoms with Gasteiger partial charge < -0.3 is 39.1 Å². The first-order chi connectivity index (χ1) is 18.5. The molecule has 1 aliphatic carbocycles. The van der Waals surface area contributed by atoms with Crippen LogP contribution >= 0.6 is 11.6 Å². The first-order valence-corrected chi connectivity index (χ1v) is 13.4. The van der Waals surface area contributed by atoms with Crippen LogP contribution in [0.3, 0.4) is 0 Å². The van der Waals surface area contributed by atoms with Gasteiger partial charge in [0.15, 0.2) is 11.8 Å². The number of hydrogen-bond donors (Lipinski definition) is 3. The molecule has 3 aliphatic heterocycles. The Morgan fingerprint density at radius 1 is 1.05 bits per heavy atom. The van der Waals surface area contributed by atoms with Gasteiger partial charge in [-0.25, -0.2) is 9.37 Å². The van der Waals surface area contributed by atoms with Crippen molar-refractivity contribution < 1.29 is 33.2 Å². The number of aliphatic hydroxyl groups excluding tert-OH is 1. The SMILES string of the molecule is O[C@@H]1CO[C@H]2[C@@H]1OC[C@H]2Oc1nc2nc(NC3CCc4cc(OC5CCOCC5)cc(F)c43)c(Cl)cc2[nH]1. The predicted octanol–water partition coefficient (Wildman–Crippen LogP) is 3.31. The number of nitrogens with zero attached hydrogens (tertiary/aromatic N) is 2. The Labute approximate surface area is 222 Å². The highest BCUT2D eigenvalue weighted by Gasteiger charge is 2.48. The second kappa shape index (κ2) is 9.80. The zero-order chi connectivity index (χ0) is 25.8. The van der Waals surface area contributed by atoms with Crippen LogP contribution in [0.25, 0.3) is 11.2 Å². The van der Waals surface area contributed by atoms with E-state index in [1.807, 2.05) is 6.07 Å². The molecule has 3 saturated heterocycles. The van der Waals surface area contributed by atoms with Gasteiger partial charge in [0.2, 0.25) is 0 Å². The van der Waals surface area contributed by atoms with E-state index in [-0.39, 0.29) is 36.7 Å². The predicted molar refractivity (Wildman–Crippen MR) is 134 cm³/mol. The molecule has 38 heavy (non-hydrogen) atoms. The fraction of sp³-hybridized carbons (Fsp3) is 0.538. The Bertz CT molecular complexity index is 1350. The number of pyridine rings is 1. The molecule has 5 heterocycles. The summed E-state index contributed by atoms with van der Waals surface area (Å²) in [5.41, 5.74) is 2.55. The van der Waals surface area contributed by atoms with Crippen LogP contribution in [0.15, 0.2) is 18.2 Å². The van der Waals surface area contributed by atoms with Gasteiger partial charge in [0, 0.05) is 24.5 Å². The number of halogens is 2. The monoisotopic (exact) mass is 546 g/mol. The van der Waals surface area contributed by atoms with E-state index in [1.54, 1.807) is 6.07 Å². The van der Waals surface area contributed by atoms with E-state index >= 15 is 4.39 Å². The van der Waals surface area contributed by atoms with Crippen molar-refractivity contribution in [1.29, 1.82) is 0 Å². The van der Waals surface area contributed by atoms with Crippen LogP contribution in [0, 0.1) is 5.82 Å². The Balaban J connectivity index is 1.07. The van der Waals surface area contributed by atoms with E-state index < -0.39 is 18.3 Å². The highest BCUT2D eigenvalue weighted by molar-refractivity contribution is 6.33. The first-order valence-electron chi connectivity index (χ1n) is 13.0. The Hall–Kier alpha value is -2.70. The zero-order valence-electron chi connectivity index (χ0n) is 20.5. The molecule has 5 atom stereocenters. The summed E-state index contributed by atoms with van der Waals surface area (Å²) in [6.45, 7) is 1.84. The van der Waals surface area contributed by atoms with E-state index in [0.29, 0.717) is 59.6 Å². The minimum absolute atomic E-state index is 0.0499. The molecular weight excluding hydrogens is 519 g/mol. The third kappa shape index (κ3) is 4.46. The number of aryl methyl sites for hydroxylation is 1. The second-order valence-corrected chi connectivity index (χ2v) is 10.6. The quantitative estimate of drug-likeness (QED) is 0.427. The van der Waals surface area contributed by atoms with Crippen molar-refractivity contribution in [1.82, 2.24) is 15.0 Å². The molecule has 0 saturated carbocycles. The van der Waals surface area contributed by atoms with Gasteiger partial charge in [-0.15, -0.1) is 0 Å². The van der Waals surface area contributed by atoms with Gasteiger partial charge >= 0.3 is 0 Å². The summed E-state index contributed by atoms with van der Waals surface area (Å²) in [6.07, 6.45) is 1.28. The van der Waals surface area contributed by atoms with Gasteiger partial charge in [-0.2, -0.15) is 4.98 Å². The van der Waals surface area contributed by atoms with Crippen molar-refractivity contribution in [3.8, 4) is 11.8 Å². The molecule has 3 fully saturated rings. The Kier molecular flexibility index (Phi) is 6.28. The van der Waals surface area contributed by atoms with Gasteiger partial charge in [0.05, 0.1) is 43.0 Å². The zero-order valence-corrected chi connectivity index (χ0v) is 21.2. The fourth-order valence-electron chi connectivity index (χ4n) is 5.79. The van der Waals surface area contributed by atoms with Crippen molar-refractivity contribution in [2.75, 3.05) is 31.7 Å². The normalized spacial score (nSPS) is 29.0. The number of nitrogens with one attached hydrogen (secondary N) is 2. The number of aliphatic hydroxyl groups is 1. The number of rotatable bonds is 6. The van der Waals surface area contributed by atoms with Crippen molar-refractivity contribution in [3.05, 3.63) is 40.2 Å². The molecule has 3 N–H and O–H groups in total. The van der Waals surface area contributed by atoms with Gasteiger partial charge in [-0.05, 0) is 30.5 Å². The first kappa shape index (κ1) is 24.3. The largest absolute Gasteiger partial charge is 0.490 e. The van der Waals surface area contributed by atoms with E-state index in [0.717, 1.165) is 24.8 Å². The van der Waals surface area contributed by atoms with Crippen molar-refractivity contribution in [3.63, 3.8) is 0 Å². The molecule has 1 aromatic carbocycles. The molecule has 202 valence electrons. The number of aromatic amines is 1. The number of imidazole rings is 1. The van der Waals surface area contributed by atoms with Crippen LogP contribution in [-0.2, 0) is 20.6 Å². The number of H-pyrrole nitrogens is 1. The highest BCUT2D eigenvalue weighted by Crippen LogP contribution is 2.40. The van der Waals surface area contributed by atoms with Gasteiger partial charge in [0.1, 0.15) is 41.8 Å².